The molecule has 3 aliphatic rings. The number of piperidine rings is 2. The molecule has 2 heterocycles. The Morgan fingerprint density at radius 2 is 1.78 bits per heavy atom. The van der Waals surface area contributed by atoms with Gasteiger partial charge in [-0.2, -0.15) is 0 Å². The summed E-state index contributed by atoms with van der Waals surface area (Å²) in [5.74, 6) is 0.545. The predicted molar refractivity (Wildman–Crippen MR) is 110 cm³/mol. The average molecular weight is 370 g/mol. The highest BCUT2D eigenvalue weighted by molar-refractivity contribution is 5.79. The molecule has 1 amide bonds. The first kappa shape index (κ1) is 18.9. The van der Waals surface area contributed by atoms with Crippen LogP contribution in [-0.4, -0.2) is 60.5 Å². The molecule has 4 rings (SSSR count). The fraction of sp³-hybridized carbons (Fsp3) is 0.696. The standard InChI is InChI=1S/C23H35N3O/c27-23(24-21-10-11-21)20-9-5-15-26(18-20)22-12-16-25(17-13-22)14-4-8-19-6-2-1-3-7-19/h1-3,6-7,20-22H,4-5,8-18H2,(H,24,27). The molecule has 1 unspecified atom stereocenters. The molecule has 27 heavy (non-hydrogen) atoms. The number of nitrogens with one attached hydrogen (secondary N) is 1. The minimum atomic E-state index is 0.225. The Labute approximate surface area is 164 Å². The van der Waals surface area contributed by atoms with E-state index in [4.69, 9.17) is 0 Å². The minimum Gasteiger partial charge on any atom is -0.353 e. The molecule has 148 valence electrons. The summed E-state index contributed by atoms with van der Waals surface area (Å²) >= 11 is 0. The minimum absolute atomic E-state index is 0.225. The monoisotopic (exact) mass is 369 g/mol. The average Bonchev–Trinajstić information content (AvgIpc) is 3.53. The van der Waals surface area contributed by atoms with Crippen molar-refractivity contribution in [1.82, 2.24) is 15.1 Å². The second-order valence-electron chi connectivity index (χ2n) is 8.78. The fourth-order valence-electron chi connectivity index (χ4n) is 4.76. The molecule has 3 fully saturated rings. The van der Waals surface area contributed by atoms with Crippen molar-refractivity contribution in [2.24, 2.45) is 5.92 Å². The highest BCUT2D eigenvalue weighted by Gasteiger charge is 2.33. The molecule has 4 heteroatoms. The number of rotatable bonds is 7. The van der Waals surface area contributed by atoms with Crippen LogP contribution >= 0.6 is 0 Å². The summed E-state index contributed by atoms with van der Waals surface area (Å²) in [6.45, 7) is 5.82. The smallest absolute Gasteiger partial charge is 0.224 e. The number of benzene rings is 1. The lowest BCUT2D eigenvalue weighted by atomic mass is 9.93. The number of carbonyl (C=O) groups is 1. The van der Waals surface area contributed by atoms with Crippen LogP contribution in [0.4, 0.5) is 0 Å². The van der Waals surface area contributed by atoms with Gasteiger partial charge in [0.1, 0.15) is 0 Å². The molecule has 1 saturated carbocycles. The normalized spacial score (nSPS) is 25.4. The maximum Gasteiger partial charge on any atom is 0.224 e. The highest BCUT2D eigenvalue weighted by Crippen LogP contribution is 2.26. The third kappa shape index (κ3) is 5.55. The quantitative estimate of drug-likeness (QED) is 0.802. The van der Waals surface area contributed by atoms with Crippen molar-refractivity contribution in [3.63, 3.8) is 0 Å². The number of nitrogens with zero attached hydrogens (tertiary/aromatic N) is 2. The summed E-state index contributed by atoms with van der Waals surface area (Å²) in [5, 5.41) is 3.22. The Bertz CT molecular complexity index is 593. The SMILES string of the molecule is O=C(NC1CC1)C1CCCN(C2CCN(CCCc3ccccc3)CC2)C1. The summed E-state index contributed by atoms with van der Waals surface area (Å²) in [5.41, 5.74) is 1.45. The summed E-state index contributed by atoms with van der Waals surface area (Å²) in [6, 6.07) is 12.0. The van der Waals surface area contributed by atoms with Gasteiger partial charge in [-0.3, -0.25) is 9.69 Å². The second-order valence-corrected chi connectivity index (χ2v) is 8.78. The van der Waals surface area contributed by atoms with Crippen LogP contribution in [0, 0.1) is 5.92 Å². The third-order valence-electron chi connectivity index (χ3n) is 6.60. The van der Waals surface area contributed by atoms with Gasteiger partial charge >= 0.3 is 0 Å². The Balaban J connectivity index is 1.16. The summed E-state index contributed by atoms with van der Waals surface area (Å²) < 4.78 is 0. The van der Waals surface area contributed by atoms with Crippen molar-refractivity contribution in [1.29, 1.82) is 0 Å². The first-order valence-electron chi connectivity index (χ1n) is 11.1. The molecule has 1 aliphatic carbocycles. The number of amides is 1. The molecule has 0 radical (unpaired) electrons. The number of aryl methyl sites for hydroxylation is 1. The van der Waals surface area contributed by atoms with E-state index in [9.17, 15) is 4.79 Å². The van der Waals surface area contributed by atoms with Gasteiger partial charge in [-0.15, -0.1) is 0 Å². The van der Waals surface area contributed by atoms with Gasteiger partial charge in [0.25, 0.3) is 0 Å². The zero-order chi connectivity index (χ0) is 18.5. The molecule has 1 aromatic rings. The van der Waals surface area contributed by atoms with Crippen molar-refractivity contribution in [2.75, 3.05) is 32.7 Å². The van der Waals surface area contributed by atoms with E-state index in [0.717, 1.165) is 13.0 Å². The maximum atomic E-state index is 12.4. The van der Waals surface area contributed by atoms with E-state index < -0.39 is 0 Å². The molecule has 2 saturated heterocycles. The molecule has 1 N–H and O–H groups in total. The molecule has 2 aliphatic heterocycles. The molecule has 0 aromatic heterocycles. The third-order valence-corrected chi connectivity index (χ3v) is 6.60. The Kier molecular flexibility index (Phi) is 6.46. The van der Waals surface area contributed by atoms with Crippen LogP contribution in [-0.2, 0) is 11.2 Å². The van der Waals surface area contributed by atoms with E-state index in [2.05, 4.69) is 45.4 Å². The molecule has 1 atom stereocenters. The van der Waals surface area contributed by atoms with Gasteiger partial charge in [0.2, 0.25) is 5.91 Å². The first-order chi connectivity index (χ1) is 13.3. The molecular formula is C23H35N3O. The number of carbonyl (C=O) groups excluding carboxylic acids is 1. The van der Waals surface area contributed by atoms with E-state index in [1.54, 1.807) is 0 Å². The second kappa shape index (κ2) is 9.20. The summed E-state index contributed by atoms with van der Waals surface area (Å²) in [7, 11) is 0. The molecule has 0 spiro atoms. The van der Waals surface area contributed by atoms with Crippen LogP contribution < -0.4 is 5.32 Å². The van der Waals surface area contributed by atoms with Gasteiger partial charge in [-0.25, -0.2) is 0 Å². The lowest BCUT2D eigenvalue weighted by molar-refractivity contribution is -0.127. The van der Waals surface area contributed by atoms with Crippen LogP contribution in [0.1, 0.15) is 50.5 Å². The zero-order valence-corrected chi connectivity index (χ0v) is 16.6. The number of likely N-dealkylation sites (tertiary alicyclic amines) is 2. The van der Waals surface area contributed by atoms with Crippen molar-refractivity contribution in [3.05, 3.63) is 35.9 Å². The van der Waals surface area contributed by atoms with Gasteiger partial charge in [0.05, 0.1) is 5.92 Å². The van der Waals surface area contributed by atoms with E-state index in [1.807, 2.05) is 0 Å². The molecule has 1 aromatic carbocycles. The highest BCUT2D eigenvalue weighted by atomic mass is 16.2. The van der Waals surface area contributed by atoms with Crippen LogP contribution in [0.15, 0.2) is 30.3 Å². The first-order valence-corrected chi connectivity index (χ1v) is 11.1. The zero-order valence-electron chi connectivity index (χ0n) is 16.6. The maximum absolute atomic E-state index is 12.4. The Morgan fingerprint density at radius 1 is 1.00 bits per heavy atom. The number of hydrogen-bond donors (Lipinski definition) is 1. The lowest BCUT2D eigenvalue weighted by Gasteiger charge is -2.42. The van der Waals surface area contributed by atoms with Crippen molar-refractivity contribution >= 4 is 5.91 Å². The molecule has 4 nitrogen and oxygen atoms in total. The van der Waals surface area contributed by atoms with Crippen LogP contribution in [0.5, 0.6) is 0 Å². The van der Waals surface area contributed by atoms with E-state index >= 15 is 0 Å². The summed E-state index contributed by atoms with van der Waals surface area (Å²) in [6.07, 6.45) is 9.60. The van der Waals surface area contributed by atoms with Crippen molar-refractivity contribution < 1.29 is 4.79 Å². The van der Waals surface area contributed by atoms with Crippen molar-refractivity contribution in [2.45, 2.75) is 63.5 Å². The Hall–Kier alpha value is -1.39. The summed E-state index contributed by atoms with van der Waals surface area (Å²) in [4.78, 5) is 17.7. The molecular weight excluding hydrogens is 334 g/mol. The van der Waals surface area contributed by atoms with Gasteiger partial charge in [0, 0.05) is 18.6 Å². The van der Waals surface area contributed by atoms with Gasteiger partial charge in [-0.1, -0.05) is 30.3 Å². The van der Waals surface area contributed by atoms with E-state index in [1.165, 1.54) is 76.7 Å². The van der Waals surface area contributed by atoms with Crippen LogP contribution in [0.25, 0.3) is 0 Å². The van der Waals surface area contributed by atoms with Gasteiger partial charge in [0.15, 0.2) is 0 Å². The van der Waals surface area contributed by atoms with Crippen LogP contribution in [0.3, 0.4) is 0 Å². The fourth-order valence-corrected chi connectivity index (χ4v) is 4.76. The molecule has 0 bridgehead atoms. The Morgan fingerprint density at radius 3 is 2.52 bits per heavy atom. The number of hydrogen-bond acceptors (Lipinski definition) is 3. The van der Waals surface area contributed by atoms with Crippen molar-refractivity contribution in [3.8, 4) is 0 Å². The van der Waals surface area contributed by atoms with Gasteiger partial charge in [-0.05, 0) is 83.1 Å². The van der Waals surface area contributed by atoms with Crippen LogP contribution in [0.2, 0.25) is 0 Å². The van der Waals surface area contributed by atoms with E-state index in [0.29, 0.717) is 18.0 Å². The largest absolute Gasteiger partial charge is 0.353 e. The lowest BCUT2D eigenvalue weighted by Crippen LogP contribution is -2.51. The van der Waals surface area contributed by atoms with E-state index in [-0.39, 0.29) is 5.92 Å². The predicted octanol–water partition coefficient (Wildman–Crippen LogP) is 3.07. The topological polar surface area (TPSA) is 35.6 Å². The van der Waals surface area contributed by atoms with Gasteiger partial charge < -0.3 is 10.2 Å².